The van der Waals surface area contributed by atoms with Crippen LogP contribution in [0.15, 0.2) is 43.0 Å². The molecular formula is C14H14N2O2. The lowest BCUT2D eigenvalue weighted by Crippen LogP contribution is -2.08. The SMILES string of the molecule is C=CCn1nc(-c2ccc(C)cc2)cc1C(=O)O. The fraction of sp³-hybridized carbons (Fsp3) is 0.143. The van der Waals surface area contributed by atoms with E-state index in [0.29, 0.717) is 12.2 Å². The summed E-state index contributed by atoms with van der Waals surface area (Å²) in [5, 5.41) is 13.4. The van der Waals surface area contributed by atoms with Crippen molar-refractivity contribution in [3.05, 3.63) is 54.2 Å². The summed E-state index contributed by atoms with van der Waals surface area (Å²) >= 11 is 0. The average Bonchev–Trinajstić information content (AvgIpc) is 2.75. The minimum atomic E-state index is -0.984. The van der Waals surface area contributed by atoms with Crippen LogP contribution in [0.1, 0.15) is 16.1 Å². The predicted molar refractivity (Wildman–Crippen MR) is 69.6 cm³/mol. The third-order valence-corrected chi connectivity index (χ3v) is 2.65. The van der Waals surface area contributed by atoms with Gasteiger partial charge in [-0.25, -0.2) is 4.79 Å². The Hall–Kier alpha value is -2.36. The van der Waals surface area contributed by atoms with Crippen molar-refractivity contribution in [3.8, 4) is 11.3 Å². The molecule has 1 N–H and O–H groups in total. The van der Waals surface area contributed by atoms with Crippen molar-refractivity contribution >= 4 is 5.97 Å². The van der Waals surface area contributed by atoms with E-state index in [9.17, 15) is 4.79 Å². The molecule has 0 saturated heterocycles. The van der Waals surface area contributed by atoms with Gasteiger partial charge >= 0.3 is 5.97 Å². The van der Waals surface area contributed by atoms with Gasteiger partial charge in [-0.2, -0.15) is 5.10 Å². The molecule has 92 valence electrons. The van der Waals surface area contributed by atoms with Crippen LogP contribution in [0.25, 0.3) is 11.3 Å². The number of benzene rings is 1. The highest BCUT2D eigenvalue weighted by molar-refractivity contribution is 5.87. The second-order valence-electron chi connectivity index (χ2n) is 4.06. The van der Waals surface area contributed by atoms with E-state index in [4.69, 9.17) is 5.11 Å². The maximum Gasteiger partial charge on any atom is 0.354 e. The molecule has 0 saturated carbocycles. The number of carboxylic acids is 1. The fourth-order valence-electron chi connectivity index (χ4n) is 1.72. The first kappa shape index (κ1) is 12.1. The summed E-state index contributed by atoms with van der Waals surface area (Å²) in [7, 11) is 0. The molecule has 0 aliphatic rings. The summed E-state index contributed by atoms with van der Waals surface area (Å²) < 4.78 is 1.44. The molecule has 1 aromatic carbocycles. The number of hydrogen-bond acceptors (Lipinski definition) is 2. The van der Waals surface area contributed by atoms with Crippen molar-refractivity contribution in [1.82, 2.24) is 9.78 Å². The second-order valence-corrected chi connectivity index (χ2v) is 4.06. The van der Waals surface area contributed by atoms with E-state index in [1.54, 1.807) is 12.1 Å². The Labute approximate surface area is 105 Å². The number of aromatic nitrogens is 2. The van der Waals surface area contributed by atoms with Crippen LogP contribution in [0, 0.1) is 6.92 Å². The van der Waals surface area contributed by atoms with Gasteiger partial charge in [0, 0.05) is 5.56 Å². The zero-order chi connectivity index (χ0) is 13.1. The maximum atomic E-state index is 11.1. The van der Waals surface area contributed by atoms with Crippen LogP contribution in [0.5, 0.6) is 0 Å². The maximum absolute atomic E-state index is 11.1. The number of hydrogen-bond donors (Lipinski definition) is 1. The van der Waals surface area contributed by atoms with Crippen molar-refractivity contribution < 1.29 is 9.90 Å². The summed E-state index contributed by atoms with van der Waals surface area (Å²) in [6.07, 6.45) is 1.62. The minimum Gasteiger partial charge on any atom is -0.477 e. The van der Waals surface area contributed by atoms with Crippen molar-refractivity contribution in [2.24, 2.45) is 0 Å². The molecule has 0 aliphatic heterocycles. The number of carbonyl (C=O) groups is 1. The highest BCUT2D eigenvalue weighted by Crippen LogP contribution is 2.19. The first-order valence-electron chi connectivity index (χ1n) is 5.61. The summed E-state index contributed by atoms with van der Waals surface area (Å²) in [4.78, 5) is 11.1. The molecule has 0 fully saturated rings. The van der Waals surface area contributed by atoms with E-state index >= 15 is 0 Å². The predicted octanol–water partition coefficient (Wildman–Crippen LogP) is 2.74. The van der Waals surface area contributed by atoms with Crippen LogP contribution in [0.4, 0.5) is 0 Å². The molecule has 0 spiro atoms. The Morgan fingerprint density at radius 3 is 2.67 bits per heavy atom. The van der Waals surface area contributed by atoms with Gasteiger partial charge in [-0.3, -0.25) is 4.68 Å². The third-order valence-electron chi connectivity index (χ3n) is 2.65. The number of nitrogens with zero attached hydrogens (tertiary/aromatic N) is 2. The Kier molecular flexibility index (Phi) is 3.28. The zero-order valence-electron chi connectivity index (χ0n) is 10.1. The zero-order valence-corrected chi connectivity index (χ0v) is 10.1. The topological polar surface area (TPSA) is 55.1 Å². The van der Waals surface area contributed by atoms with Crippen molar-refractivity contribution in [3.63, 3.8) is 0 Å². The Morgan fingerprint density at radius 2 is 2.11 bits per heavy atom. The van der Waals surface area contributed by atoms with Gasteiger partial charge in [0.15, 0.2) is 0 Å². The summed E-state index contributed by atoms with van der Waals surface area (Å²) in [6.45, 7) is 5.98. The molecule has 1 heterocycles. The van der Waals surface area contributed by atoms with Crippen LogP contribution >= 0.6 is 0 Å². The molecule has 0 atom stereocenters. The smallest absolute Gasteiger partial charge is 0.354 e. The lowest BCUT2D eigenvalue weighted by Gasteiger charge is -1.99. The Morgan fingerprint density at radius 1 is 1.44 bits per heavy atom. The molecule has 2 rings (SSSR count). The lowest BCUT2D eigenvalue weighted by atomic mass is 10.1. The molecule has 4 nitrogen and oxygen atoms in total. The largest absolute Gasteiger partial charge is 0.477 e. The molecule has 2 aromatic rings. The molecule has 0 aliphatic carbocycles. The van der Waals surface area contributed by atoms with Crippen molar-refractivity contribution in [2.75, 3.05) is 0 Å². The summed E-state index contributed by atoms with van der Waals surface area (Å²) in [5.41, 5.74) is 2.90. The van der Waals surface area contributed by atoms with Gasteiger partial charge in [0.1, 0.15) is 5.69 Å². The molecule has 0 amide bonds. The molecule has 18 heavy (non-hydrogen) atoms. The average molecular weight is 242 g/mol. The van der Waals surface area contributed by atoms with E-state index in [1.807, 2.05) is 31.2 Å². The summed E-state index contributed by atoms with van der Waals surface area (Å²) in [6, 6.07) is 9.39. The normalized spacial score (nSPS) is 10.3. The van der Waals surface area contributed by atoms with E-state index in [0.717, 1.165) is 11.1 Å². The molecular weight excluding hydrogens is 228 g/mol. The standard InChI is InChI=1S/C14H14N2O2/c1-3-8-16-13(14(17)18)9-12(15-16)11-6-4-10(2)5-7-11/h3-7,9H,1,8H2,2H3,(H,17,18). The number of allylic oxidation sites excluding steroid dienone is 1. The number of aromatic carboxylic acids is 1. The van der Waals surface area contributed by atoms with E-state index < -0.39 is 5.97 Å². The lowest BCUT2D eigenvalue weighted by molar-refractivity contribution is 0.0684. The van der Waals surface area contributed by atoms with Gasteiger partial charge < -0.3 is 5.11 Å². The fourth-order valence-corrected chi connectivity index (χ4v) is 1.72. The first-order valence-corrected chi connectivity index (χ1v) is 5.61. The third kappa shape index (κ3) is 2.32. The van der Waals surface area contributed by atoms with Crippen LogP contribution in [-0.4, -0.2) is 20.9 Å². The minimum absolute atomic E-state index is 0.172. The number of aryl methyl sites for hydroxylation is 1. The highest BCUT2D eigenvalue weighted by atomic mass is 16.4. The molecule has 1 aromatic heterocycles. The Balaban J connectivity index is 2.45. The van der Waals surface area contributed by atoms with E-state index in [-0.39, 0.29) is 5.69 Å². The van der Waals surface area contributed by atoms with Crippen LogP contribution in [-0.2, 0) is 6.54 Å². The molecule has 4 heteroatoms. The van der Waals surface area contributed by atoms with E-state index in [1.165, 1.54) is 4.68 Å². The van der Waals surface area contributed by atoms with Crippen molar-refractivity contribution in [2.45, 2.75) is 13.5 Å². The Bertz CT molecular complexity index is 582. The van der Waals surface area contributed by atoms with Gasteiger partial charge in [0.2, 0.25) is 0 Å². The van der Waals surface area contributed by atoms with Gasteiger partial charge in [-0.05, 0) is 13.0 Å². The van der Waals surface area contributed by atoms with Crippen molar-refractivity contribution in [1.29, 1.82) is 0 Å². The molecule has 0 bridgehead atoms. The highest BCUT2D eigenvalue weighted by Gasteiger charge is 2.14. The first-order chi connectivity index (χ1) is 8.61. The van der Waals surface area contributed by atoms with Crippen LogP contribution in [0.2, 0.25) is 0 Å². The molecule has 0 radical (unpaired) electrons. The van der Waals surface area contributed by atoms with Crippen LogP contribution < -0.4 is 0 Å². The van der Waals surface area contributed by atoms with E-state index in [2.05, 4.69) is 11.7 Å². The van der Waals surface area contributed by atoms with Gasteiger partial charge in [-0.15, -0.1) is 6.58 Å². The quantitative estimate of drug-likeness (QED) is 0.839. The number of carboxylic acid groups (broad SMARTS) is 1. The summed E-state index contributed by atoms with van der Waals surface area (Å²) in [5.74, 6) is -0.984. The van der Waals surface area contributed by atoms with Gasteiger partial charge in [0.25, 0.3) is 0 Å². The van der Waals surface area contributed by atoms with Crippen LogP contribution in [0.3, 0.4) is 0 Å². The van der Waals surface area contributed by atoms with Gasteiger partial charge in [-0.1, -0.05) is 35.9 Å². The second kappa shape index (κ2) is 4.87. The monoisotopic (exact) mass is 242 g/mol. The number of rotatable bonds is 4. The van der Waals surface area contributed by atoms with Gasteiger partial charge in [0.05, 0.1) is 12.2 Å². The molecule has 0 unspecified atom stereocenters.